The van der Waals surface area contributed by atoms with Gasteiger partial charge in [-0.3, -0.25) is 0 Å². The summed E-state index contributed by atoms with van der Waals surface area (Å²) in [6.07, 6.45) is 1.61. The first-order chi connectivity index (χ1) is 9.76. The molecule has 98 valence electrons. The molecule has 0 aliphatic rings. The van der Waals surface area contributed by atoms with E-state index in [2.05, 4.69) is 16.0 Å². The zero-order valence-electron chi connectivity index (χ0n) is 10.4. The Morgan fingerprint density at radius 3 is 3.10 bits per heavy atom. The van der Waals surface area contributed by atoms with Gasteiger partial charge in [-0.25, -0.2) is 9.97 Å². The molecule has 3 aromatic rings. The summed E-state index contributed by atoms with van der Waals surface area (Å²) >= 11 is 1.42. The number of hydrogen-bond acceptors (Lipinski definition) is 6. The zero-order valence-corrected chi connectivity index (χ0v) is 11.2. The molecule has 0 saturated carbocycles. The van der Waals surface area contributed by atoms with Gasteiger partial charge in [0.2, 0.25) is 0 Å². The van der Waals surface area contributed by atoms with Gasteiger partial charge in [0.15, 0.2) is 5.58 Å². The number of thioether (sulfide) groups is 1. The number of fused-ring (bicyclic) bond motifs is 1. The molecule has 0 fully saturated rings. The molecule has 0 bridgehead atoms. The normalized spacial score (nSPS) is 10.6. The van der Waals surface area contributed by atoms with Crippen LogP contribution in [0.2, 0.25) is 0 Å². The molecule has 6 heteroatoms. The van der Waals surface area contributed by atoms with Crippen LogP contribution < -0.4 is 5.73 Å². The van der Waals surface area contributed by atoms with Gasteiger partial charge >= 0.3 is 0 Å². The van der Waals surface area contributed by atoms with Crippen molar-refractivity contribution >= 4 is 28.5 Å². The minimum Gasteiger partial charge on any atom is -0.431 e. The molecule has 0 spiro atoms. The standard InChI is InChI=1S/C14H10N4OS/c15-7-12-9(2-1-5-17-12)8-20-14-18-11-6-10(16)3-4-13(11)19-14/h1-6H,8,16H2. The third-order valence-corrected chi connectivity index (χ3v) is 3.62. The third-order valence-electron chi connectivity index (χ3n) is 2.74. The van der Waals surface area contributed by atoms with Crippen molar-refractivity contribution < 1.29 is 4.42 Å². The summed E-state index contributed by atoms with van der Waals surface area (Å²) in [4.78, 5) is 8.38. The van der Waals surface area contributed by atoms with E-state index in [-0.39, 0.29) is 0 Å². The summed E-state index contributed by atoms with van der Waals surface area (Å²) < 4.78 is 5.61. The SMILES string of the molecule is N#Cc1ncccc1CSc1nc2cc(N)ccc2o1. The maximum Gasteiger partial charge on any atom is 0.257 e. The molecule has 5 nitrogen and oxygen atoms in total. The van der Waals surface area contributed by atoms with Crippen molar-refractivity contribution in [2.45, 2.75) is 11.0 Å². The number of benzene rings is 1. The molecule has 0 amide bonds. The van der Waals surface area contributed by atoms with E-state index in [0.717, 1.165) is 11.1 Å². The summed E-state index contributed by atoms with van der Waals surface area (Å²) in [7, 11) is 0. The Morgan fingerprint density at radius 2 is 2.25 bits per heavy atom. The molecule has 1 aromatic carbocycles. The van der Waals surface area contributed by atoms with Crippen LogP contribution in [0.1, 0.15) is 11.3 Å². The van der Waals surface area contributed by atoms with E-state index in [1.165, 1.54) is 11.8 Å². The highest BCUT2D eigenvalue weighted by Gasteiger charge is 2.09. The first-order valence-corrected chi connectivity index (χ1v) is 6.87. The zero-order chi connectivity index (χ0) is 13.9. The van der Waals surface area contributed by atoms with Crippen molar-refractivity contribution in [3.63, 3.8) is 0 Å². The Morgan fingerprint density at radius 1 is 1.35 bits per heavy atom. The lowest BCUT2D eigenvalue weighted by molar-refractivity contribution is 0.489. The summed E-state index contributed by atoms with van der Waals surface area (Å²) in [6.45, 7) is 0. The van der Waals surface area contributed by atoms with Gasteiger partial charge in [0.25, 0.3) is 5.22 Å². The van der Waals surface area contributed by atoms with Crippen LogP contribution >= 0.6 is 11.8 Å². The van der Waals surface area contributed by atoms with Gasteiger partial charge < -0.3 is 10.2 Å². The monoisotopic (exact) mass is 282 g/mol. The van der Waals surface area contributed by atoms with Crippen molar-refractivity contribution in [2.24, 2.45) is 0 Å². The smallest absolute Gasteiger partial charge is 0.257 e. The van der Waals surface area contributed by atoms with Crippen molar-refractivity contribution in [1.29, 1.82) is 5.26 Å². The molecule has 0 atom stereocenters. The molecule has 0 radical (unpaired) electrons. The summed E-state index contributed by atoms with van der Waals surface area (Å²) in [6, 6.07) is 11.1. The molecule has 0 aliphatic carbocycles. The highest BCUT2D eigenvalue weighted by molar-refractivity contribution is 7.98. The number of nitrogen functional groups attached to an aromatic ring is 1. The molecule has 20 heavy (non-hydrogen) atoms. The number of nitriles is 1. The molecule has 0 saturated heterocycles. The second-order valence-corrected chi connectivity index (χ2v) is 5.05. The first-order valence-electron chi connectivity index (χ1n) is 5.89. The van der Waals surface area contributed by atoms with Crippen molar-refractivity contribution in [1.82, 2.24) is 9.97 Å². The van der Waals surface area contributed by atoms with E-state index in [1.54, 1.807) is 24.4 Å². The number of rotatable bonds is 3. The van der Waals surface area contributed by atoms with E-state index < -0.39 is 0 Å². The Hall–Kier alpha value is -2.52. The predicted octanol–water partition coefficient (Wildman–Crippen LogP) is 2.97. The topological polar surface area (TPSA) is 88.7 Å². The average molecular weight is 282 g/mol. The van der Waals surface area contributed by atoms with Crippen LogP contribution in [0.5, 0.6) is 0 Å². The number of aromatic nitrogens is 2. The molecular formula is C14H10N4OS. The number of hydrogen-bond donors (Lipinski definition) is 1. The fraction of sp³-hybridized carbons (Fsp3) is 0.0714. The predicted molar refractivity (Wildman–Crippen MR) is 76.9 cm³/mol. The fourth-order valence-corrected chi connectivity index (χ4v) is 2.60. The lowest BCUT2D eigenvalue weighted by atomic mass is 10.2. The molecule has 2 N–H and O–H groups in total. The Kier molecular flexibility index (Phi) is 3.27. The van der Waals surface area contributed by atoms with Crippen molar-refractivity contribution in [3.8, 4) is 6.07 Å². The minimum absolute atomic E-state index is 0.431. The number of pyridine rings is 1. The number of nitrogens with zero attached hydrogens (tertiary/aromatic N) is 3. The second kappa shape index (κ2) is 5.23. The third kappa shape index (κ3) is 2.44. The minimum atomic E-state index is 0.431. The van der Waals surface area contributed by atoms with E-state index >= 15 is 0 Å². The van der Waals surface area contributed by atoms with E-state index in [4.69, 9.17) is 15.4 Å². The van der Waals surface area contributed by atoms with Gasteiger partial charge in [0.1, 0.15) is 17.3 Å². The first kappa shape index (κ1) is 12.5. The van der Waals surface area contributed by atoms with Gasteiger partial charge in [0, 0.05) is 17.6 Å². The van der Waals surface area contributed by atoms with Crippen molar-refractivity contribution in [3.05, 3.63) is 47.8 Å². The lowest BCUT2D eigenvalue weighted by Crippen LogP contribution is -1.90. The van der Waals surface area contributed by atoms with Crippen LogP contribution in [-0.4, -0.2) is 9.97 Å². The van der Waals surface area contributed by atoms with Crippen LogP contribution in [0.3, 0.4) is 0 Å². The van der Waals surface area contributed by atoms with Gasteiger partial charge in [-0.05, 0) is 29.8 Å². The quantitative estimate of drug-likeness (QED) is 0.587. The van der Waals surface area contributed by atoms with Crippen LogP contribution in [0.25, 0.3) is 11.1 Å². The average Bonchev–Trinajstić information content (AvgIpc) is 2.87. The summed E-state index contributed by atoms with van der Waals surface area (Å²) in [5.41, 5.74) is 9.09. The van der Waals surface area contributed by atoms with E-state index in [9.17, 15) is 0 Å². The molecule has 2 aromatic heterocycles. The lowest BCUT2D eigenvalue weighted by Gasteiger charge is -1.99. The highest BCUT2D eigenvalue weighted by Crippen LogP contribution is 2.27. The molecule has 3 rings (SSSR count). The molecule has 2 heterocycles. The van der Waals surface area contributed by atoms with Gasteiger partial charge in [-0.1, -0.05) is 17.8 Å². The van der Waals surface area contributed by atoms with Gasteiger partial charge in [0.05, 0.1) is 0 Å². The summed E-state index contributed by atoms with van der Waals surface area (Å²) in [5, 5.41) is 9.54. The number of oxazole rings is 1. The Bertz CT molecular complexity index is 806. The van der Waals surface area contributed by atoms with E-state index in [1.807, 2.05) is 12.1 Å². The van der Waals surface area contributed by atoms with Gasteiger partial charge in [-0.15, -0.1) is 0 Å². The van der Waals surface area contributed by atoms with Gasteiger partial charge in [-0.2, -0.15) is 5.26 Å². The Balaban J connectivity index is 1.82. The number of anilines is 1. The molecule has 0 unspecified atom stereocenters. The maximum absolute atomic E-state index is 8.99. The maximum atomic E-state index is 8.99. The highest BCUT2D eigenvalue weighted by atomic mass is 32.2. The van der Waals surface area contributed by atoms with E-state index in [0.29, 0.717) is 27.9 Å². The van der Waals surface area contributed by atoms with Crippen LogP contribution in [0.15, 0.2) is 46.2 Å². The molecular weight excluding hydrogens is 272 g/mol. The Labute approximate surface area is 119 Å². The summed E-state index contributed by atoms with van der Waals surface area (Å²) in [5.74, 6) is 0.582. The largest absolute Gasteiger partial charge is 0.431 e. The fourth-order valence-electron chi connectivity index (χ4n) is 1.78. The number of nitrogens with two attached hydrogens (primary N) is 1. The van der Waals surface area contributed by atoms with Crippen LogP contribution in [0, 0.1) is 11.3 Å². The van der Waals surface area contributed by atoms with Crippen LogP contribution in [0.4, 0.5) is 5.69 Å². The second-order valence-electron chi connectivity index (χ2n) is 4.12. The van der Waals surface area contributed by atoms with Crippen LogP contribution in [-0.2, 0) is 5.75 Å². The molecule has 0 aliphatic heterocycles. The van der Waals surface area contributed by atoms with Crippen molar-refractivity contribution in [2.75, 3.05) is 5.73 Å².